The number of urea groups is 1. The molecule has 0 aromatic heterocycles. The average Bonchev–Trinajstić information content (AvgIpc) is 2.88. The number of aliphatic carboxylic acids is 1. The van der Waals surface area contributed by atoms with E-state index < -0.39 is 54.3 Å². The van der Waals surface area contributed by atoms with E-state index in [0.717, 1.165) is 5.56 Å². The van der Waals surface area contributed by atoms with Crippen molar-refractivity contribution in [1.82, 2.24) is 25.1 Å². The fourth-order valence-electron chi connectivity index (χ4n) is 4.90. The highest BCUT2D eigenvalue weighted by atomic mass is 19.1. The number of carboxylic acids is 1. The van der Waals surface area contributed by atoms with E-state index in [1.54, 1.807) is 45.3 Å². The van der Waals surface area contributed by atoms with Gasteiger partial charge in [0.05, 0.1) is 32.7 Å². The Morgan fingerprint density at radius 3 is 2.39 bits per heavy atom. The molecule has 0 saturated carbocycles. The van der Waals surface area contributed by atoms with Crippen LogP contribution < -0.4 is 10.1 Å². The lowest BCUT2D eigenvalue weighted by molar-refractivity contribution is -0.190. The van der Waals surface area contributed by atoms with Gasteiger partial charge >= 0.3 is 12.0 Å². The summed E-state index contributed by atoms with van der Waals surface area (Å²) in [5, 5.41) is 15.2. The number of piperazine rings is 1. The maximum Gasteiger partial charge on any atom is 0.334 e. The monoisotopic (exact) mass is 527 g/mol. The van der Waals surface area contributed by atoms with Gasteiger partial charge in [0.1, 0.15) is 23.8 Å². The molecule has 2 aliphatic heterocycles. The largest absolute Gasteiger partial charge is 0.497 e. The van der Waals surface area contributed by atoms with Crippen molar-refractivity contribution < 1.29 is 33.4 Å². The minimum absolute atomic E-state index is 0.0560. The molecule has 38 heavy (non-hydrogen) atoms. The number of nitrogens with one attached hydrogen (secondary N) is 1. The van der Waals surface area contributed by atoms with Gasteiger partial charge in [-0.05, 0) is 42.3 Å². The summed E-state index contributed by atoms with van der Waals surface area (Å²) in [5.41, 5.74) is 1.45. The predicted molar refractivity (Wildman–Crippen MR) is 133 cm³/mol. The third kappa shape index (κ3) is 5.40. The van der Waals surface area contributed by atoms with Gasteiger partial charge < -0.3 is 25.0 Å². The smallest absolute Gasteiger partial charge is 0.334 e. The van der Waals surface area contributed by atoms with Crippen molar-refractivity contribution in [2.45, 2.75) is 38.1 Å². The molecule has 2 fully saturated rings. The van der Waals surface area contributed by atoms with Gasteiger partial charge in [0.15, 0.2) is 0 Å². The van der Waals surface area contributed by atoms with E-state index in [1.165, 1.54) is 32.0 Å². The number of rotatable bonds is 7. The van der Waals surface area contributed by atoms with E-state index in [0.29, 0.717) is 11.3 Å². The molecule has 0 bridgehead atoms. The second-order valence-corrected chi connectivity index (χ2v) is 9.28. The van der Waals surface area contributed by atoms with Crippen LogP contribution in [0.3, 0.4) is 0 Å². The molecule has 2 aromatic carbocycles. The maximum absolute atomic E-state index is 13.5. The summed E-state index contributed by atoms with van der Waals surface area (Å²) >= 11 is 0. The SMILES string of the molecule is COc1ccc(CNC(=O)N2[C@H]3CN(C(C)c4ccc(F)cc4)C(=O)[C@H](CC(=O)O)N3C(=O)CN2C)cc1. The molecular weight excluding hydrogens is 497 g/mol. The molecule has 0 aliphatic carbocycles. The second-order valence-electron chi connectivity index (χ2n) is 9.28. The van der Waals surface area contributed by atoms with Gasteiger partial charge in [0.25, 0.3) is 0 Å². The summed E-state index contributed by atoms with van der Waals surface area (Å²) < 4.78 is 18.7. The number of carbonyl (C=O) groups excluding carboxylic acids is 3. The number of fused-ring (bicyclic) bond motifs is 1. The highest BCUT2D eigenvalue weighted by molar-refractivity contribution is 5.94. The fraction of sp³-hybridized carbons (Fsp3) is 0.385. The molecule has 12 heteroatoms. The third-order valence-corrected chi connectivity index (χ3v) is 6.89. The van der Waals surface area contributed by atoms with E-state index in [4.69, 9.17) is 4.74 Å². The van der Waals surface area contributed by atoms with Crippen LogP contribution in [-0.2, 0) is 20.9 Å². The molecular formula is C26H30FN5O6. The Kier molecular flexibility index (Phi) is 7.81. The summed E-state index contributed by atoms with van der Waals surface area (Å²) in [6.45, 7) is 1.67. The standard InChI is InChI=1S/C26H30FN5O6/c1-16(18-6-8-19(27)9-7-18)30-14-22-31(21(25(30)36)12-24(34)35)23(33)15-29(2)32(22)26(37)28-13-17-4-10-20(38-3)11-5-17/h4-11,16,21-22H,12-15H2,1-3H3,(H,28,37)(H,34,35)/t16?,21-,22-/m0/s1. The zero-order valence-electron chi connectivity index (χ0n) is 21.3. The molecule has 2 aliphatic rings. The number of likely N-dealkylation sites (N-methyl/N-ethyl adjacent to an activating group) is 1. The fourth-order valence-corrected chi connectivity index (χ4v) is 4.90. The highest BCUT2D eigenvalue weighted by Crippen LogP contribution is 2.32. The lowest BCUT2D eigenvalue weighted by Gasteiger charge is -2.55. The first-order chi connectivity index (χ1) is 18.1. The van der Waals surface area contributed by atoms with Crippen molar-refractivity contribution in [2.75, 3.05) is 27.2 Å². The quantitative estimate of drug-likeness (QED) is 0.563. The van der Waals surface area contributed by atoms with Crippen LogP contribution in [0.15, 0.2) is 48.5 Å². The minimum atomic E-state index is -1.30. The van der Waals surface area contributed by atoms with E-state index in [9.17, 15) is 28.7 Å². The molecule has 11 nitrogen and oxygen atoms in total. The summed E-state index contributed by atoms with van der Waals surface area (Å²) in [7, 11) is 3.14. The number of amides is 4. The summed E-state index contributed by atoms with van der Waals surface area (Å²) in [4.78, 5) is 54.4. The first-order valence-electron chi connectivity index (χ1n) is 12.1. The van der Waals surface area contributed by atoms with Crippen LogP contribution in [0.2, 0.25) is 0 Å². The van der Waals surface area contributed by atoms with Crippen molar-refractivity contribution in [2.24, 2.45) is 0 Å². The molecule has 3 atom stereocenters. The number of nitrogens with zero attached hydrogens (tertiary/aromatic N) is 4. The summed E-state index contributed by atoms with van der Waals surface area (Å²) in [6.07, 6.45) is -1.55. The number of hydrogen-bond donors (Lipinski definition) is 2. The number of methoxy groups -OCH3 is 1. The van der Waals surface area contributed by atoms with Crippen molar-refractivity contribution in [1.29, 1.82) is 0 Å². The van der Waals surface area contributed by atoms with E-state index in [-0.39, 0.29) is 19.6 Å². The molecule has 4 rings (SSSR count). The van der Waals surface area contributed by atoms with Crippen molar-refractivity contribution in [3.63, 3.8) is 0 Å². The topological polar surface area (TPSA) is 123 Å². The number of carboxylic acid groups (broad SMARTS) is 1. The van der Waals surface area contributed by atoms with Crippen LogP contribution >= 0.6 is 0 Å². The Labute approximate surface area is 219 Å². The van der Waals surface area contributed by atoms with Gasteiger partial charge in [0.2, 0.25) is 11.8 Å². The zero-order chi connectivity index (χ0) is 27.6. The minimum Gasteiger partial charge on any atom is -0.497 e. The van der Waals surface area contributed by atoms with Gasteiger partial charge in [-0.25, -0.2) is 19.2 Å². The average molecular weight is 528 g/mol. The van der Waals surface area contributed by atoms with E-state index >= 15 is 0 Å². The van der Waals surface area contributed by atoms with Gasteiger partial charge in [-0.1, -0.05) is 24.3 Å². The first-order valence-corrected chi connectivity index (χ1v) is 12.1. The predicted octanol–water partition coefficient (Wildman–Crippen LogP) is 1.81. The Balaban J connectivity index is 1.62. The van der Waals surface area contributed by atoms with Crippen LogP contribution in [-0.4, -0.2) is 88.2 Å². The Morgan fingerprint density at radius 2 is 1.79 bits per heavy atom. The third-order valence-electron chi connectivity index (χ3n) is 6.89. The number of ether oxygens (including phenoxy) is 1. The number of hydrogen-bond acceptors (Lipinski definition) is 6. The van der Waals surface area contributed by atoms with Crippen LogP contribution in [0.1, 0.15) is 30.5 Å². The summed E-state index contributed by atoms with van der Waals surface area (Å²) in [5.74, 6) is -2.00. The van der Waals surface area contributed by atoms with E-state index in [2.05, 4.69) is 5.32 Å². The number of benzene rings is 2. The first kappa shape index (κ1) is 26.9. The molecule has 0 radical (unpaired) electrons. The molecule has 2 N–H and O–H groups in total. The number of hydrazine groups is 1. The Bertz CT molecular complexity index is 1210. The molecule has 202 valence electrons. The second kappa shape index (κ2) is 11.1. The Morgan fingerprint density at radius 1 is 1.13 bits per heavy atom. The van der Waals surface area contributed by atoms with Crippen LogP contribution in [0.5, 0.6) is 5.75 Å². The van der Waals surface area contributed by atoms with Crippen molar-refractivity contribution in [3.8, 4) is 5.75 Å². The molecule has 1 unspecified atom stereocenters. The van der Waals surface area contributed by atoms with E-state index in [1.807, 2.05) is 12.1 Å². The number of halogens is 1. The molecule has 2 saturated heterocycles. The summed E-state index contributed by atoms with van der Waals surface area (Å²) in [6, 6.07) is 10.4. The van der Waals surface area contributed by atoms with Crippen molar-refractivity contribution in [3.05, 3.63) is 65.5 Å². The Hall–Kier alpha value is -4.19. The van der Waals surface area contributed by atoms with Crippen LogP contribution in [0.25, 0.3) is 0 Å². The molecule has 4 amide bonds. The van der Waals surface area contributed by atoms with Crippen molar-refractivity contribution >= 4 is 23.8 Å². The molecule has 2 aromatic rings. The highest BCUT2D eigenvalue weighted by Gasteiger charge is 2.52. The lowest BCUT2D eigenvalue weighted by atomic mass is 9.99. The van der Waals surface area contributed by atoms with Gasteiger partial charge in [-0.2, -0.15) is 0 Å². The normalized spacial score (nSPS) is 20.7. The molecule has 0 spiro atoms. The zero-order valence-corrected chi connectivity index (χ0v) is 21.3. The lowest BCUT2D eigenvalue weighted by Crippen LogP contribution is -2.76. The van der Waals surface area contributed by atoms with Crippen LogP contribution in [0, 0.1) is 5.82 Å². The number of carbonyl (C=O) groups is 4. The van der Waals surface area contributed by atoms with Gasteiger partial charge in [0, 0.05) is 13.6 Å². The maximum atomic E-state index is 13.5. The van der Waals surface area contributed by atoms with Gasteiger partial charge in [-0.3, -0.25) is 14.4 Å². The molecule has 2 heterocycles. The van der Waals surface area contributed by atoms with Crippen LogP contribution in [0.4, 0.5) is 9.18 Å². The van der Waals surface area contributed by atoms with Gasteiger partial charge in [-0.15, -0.1) is 0 Å².